The van der Waals surface area contributed by atoms with Crippen LogP contribution in [0.25, 0.3) is 11.3 Å². The highest BCUT2D eigenvalue weighted by Crippen LogP contribution is 2.46. The maximum absolute atomic E-state index is 16.4. The largest absolute Gasteiger partial charge is 0.472 e. The van der Waals surface area contributed by atoms with Crippen LogP contribution in [0.1, 0.15) is 46.3 Å². The lowest BCUT2D eigenvalue weighted by Crippen LogP contribution is -2.63. The van der Waals surface area contributed by atoms with E-state index in [0.29, 0.717) is 17.6 Å². The number of rotatable bonds is 4. The second-order valence-electron chi connectivity index (χ2n) is 10.2. The van der Waals surface area contributed by atoms with Crippen molar-refractivity contribution in [1.29, 1.82) is 0 Å². The van der Waals surface area contributed by atoms with Crippen LogP contribution in [-0.4, -0.2) is 55.9 Å². The van der Waals surface area contributed by atoms with E-state index in [4.69, 9.17) is 10.5 Å². The van der Waals surface area contributed by atoms with Crippen LogP contribution in [0.5, 0.6) is 5.88 Å². The van der Waals surface area contributed by atoms with Crippen molar-refractivity contribution in [2.24, 2.45) is 0 Å². The lowest BCUT2D eigenvalue weighted by Gasteiger charge is -2.41. The Morgan fingerprint density at radius 2 is 2.05 bits per heavy atom. The van der Waals surface area contributed by atoms with E-state index in [2.05, 4.69) is 25.0 Å². The van der Waals surface area contributed by atoms with E-state index in [0.717, 1.165) is 31.3 Å². The summed E-state index contributed by atoms with van der Waals surface area (Å²) in [7, 11) is 0. The van der Waals surface area contributed by atoms with E-state index in [1.165, 1.54) is 6.33 Å². The van der Waals surface area contributed by atoms with Crippen LogP contribution < -0.4 is 21.1 Å². The molecule has 212 valence electrons. The molecular weight excluding hydrogens is 557 g/mol. The number of alkyl halides is 3. The Kier molecular flexibility index (Phi) is 6.33. The van der Waals surface area contributed by atoms with Gasteiger partial charge in [-0.15, -0.1) is 0 Å². The van der Waals surface area contributed by atoms with E-state index >= 15 is 4.39 Å². The second-order valence-corrected chi connectivity index (χ2v) is 11.0. The van der Waals surface area contributed by atoms with Crippen LogP contribution in [-0.2, 0) is 12.7 Å². The fraction of sp³-hybridized carbons (Fsp3) is 0.440. The summed E-state index contributed by atoms with van der Waals surface area (Å²) in [6, 6.07) is 0.294. The number of amides is 1. The first-order valence-corrected chi connectivity index (χ1v) is 13.4. The van der Waals surface area contributed by atoms with Gasteiger partial charge in [-0.05, 0) is 49.9 Å². The van der Waals surface area contributed by atoms with Crippen LogP contribution in [0.15, 0.2) is 12.4 Å². The molecule has 6 rings (SSSR count). The van der Waals surface area contributed by atoms with Gasteiger partial charge in [0.1, 0.15) is 34.5 Å². The number of carbonyl (C=O) groups excluding carboxylic acids is 1. The number of pyridine rings is 1. The van der Waals surface area contributed by atoms with Crippen LogP contribution in [0.2, 0.25) is 0 Å². The summed E-state index contributed by atoms with van der Waals surface area (Å²) in [6.07, 6.45) is -2.71. The number of nitrogens with zero attached hydrogens (tertiary/aromatic N) is 4. The average molecular weight is 582 g/mol. The summed E-state index contributed by atoms with van der Waals surface area (Å²) < 4.78 is 83.5. The minimum Gasteiger partial charge on any atom is -0.472 e. The monoisotopic (exact) mass is 581 g/mol. The minimum absolute atomic E-state index is 0.0633. The molecule has 3 aliphatic heterocycles. The van der Waals surface area contributed by atoms with Gasteiger partial charge in [0.25, 0.3) is 5.91 Å². The molecule has 4 N–H and O–H groups in total. The summed E-state index contributed by atoms with van der Waals surface area (Å²) in [5, 5.41) is 6.74. The third-order valence-corrected chi connectivity index (χ3v) is 8.37. The number of aromatic nitrogens is 3. The Morgan fingerprint density at radius 1 is 1.27 bits per heavy atom. The van der Waals surface area contributed by atoms with Gasteiger partial charge in [-0.3, -0.25) is 4.79 Å². The smallest absolute Gasteiger partial charge is 0.417 e. The van der Waals surface area contributed by atoms with Crippen molar-refractivity contribution in [1.82, 2.24) is 24.6 Å². The van der Waals surface area contributed by atoms with Gasteiger partial charge in [-0.1, -0.05) is 0 Å². The molecule has 2 fully saturated rings. The van der Waals surface area contributed by atoms with E-state index in [1.54, 1.807) is 11.8 Å². The highest BCUT2D eigenvalue weighted by molar-refractivity contribution is 7.05. The minimum atomic E-state index is -5.06. The van der Waals surface area contributed by atoms with Crippen molar-refractivity contribution in [3.05, 3.63) is 45.7 Å². The maximum atomic E-state index is 16.4. The number of hydrogen-bond donors (Lipinski definition) is 3. The molecule has 1 aromatic carbocycles. The standard InChI is InChI=1S/C25H24F5N7O2S/c1-9-17(25(28,29)30)12(5-13(31)18(9)26)20-19(27)21(32-6-15-33-8-34-40-15)16-23(36-20)39-10(2)22-14-4-3-11(35-14)7-37(22)24(16)38/h5,8,10-11,14,22,35H,3-4,6-7,31H2,1-2H3,(H,32,36)/t10-,11+,14-,22+/m0/s1. The molecular formula is C25H24F5N7O2S. The average Bonchev–Trinajstić information content (AvgIpc) is 3.53. The van der Waals surface area contributed by atoms with Crippen molar-refractivity contribution in [2.45, 2.75) is 63.6 Å². The maximum Gasteiger partial charge on any atom is 0.417 e. The zero-order chi connectivity index (χ0) is 28.5. The van der Waals surface area contributed by atoms with Gasteiger partial charge in [0, 0.05) is 24.2 Å². The molecule has 15 heteroatoms. The molecule has 2 bridgehead atoms. The molecule has 0 unspecified atom stereocenters. The van der Waals surface area contributed by atoms with Gasteiger partial charge < -0.3 is 26.0 Å². The van der Waals surface area contributed by atoms with Gasteiger partial charge in [-0.2, -0.15) is 17.5 Å². The fourth-order valence-electron chi connectivity index (χ4n) is 6.01. The number of fused-ring (bicyclic) bond motifs is 5. The summed E-state index contributed by atoms with van der Waals surface area (Å²) in [5.41, 5.74) is 0.675. The first-order valence-electron chi connectivity index (χ1n) is 12.6. The SMILES string of the molecule is Cc1c(F)c(N)cc(-c2nc3c(c(NCc4ncns4)c2F)C(=O)N2C[C@H]4CC[C@H](N4)[C@H]2[C@H](C)O3)c1C(F)(F)F. The van der Waals surface area contributed by atoms with Crippen LogP contribution in [0, 0.1) is 18.6 Å². The number of piperazine rings is 1. The topological polar surface area (TPSA) is 118 Å². The Balaban J connectivity index is 1.58. The van der Waals surface area contributed by atoms with E-state index in [-0.39, 0.29) is 30.1 Å². The molecule has 3 aromatic rings. The summed E-state index contributed by atoms with van der Waals surface area (Å²) >= 11 is 1.03. The quantitative estimate of drug-likeness (QED) is 0.311. The van der Waals surface area contributed by atoms with Crippen molar-refractivity contribution in [3.8, 4) is 17.1 Å². The highest BCUT2D eigenvalue weighted by Gasteiger charge is 2.49. The molecule has 9 nitrogen and oxygen atoms in total. The number of benzene rings is 1. The first kappa shape index (κ1) is 26.6. The lowest BCUT2D eigenvalue weighted by atomic mass is 9.95. The van der Waals surface area contributed by atoms with Crippen LogP contribution in [0.4, 0.5) is 33.3 Å². The Hall–Kier alpha value is -3.59. The molecule has 0 saturated carbocycles. The molecule has 5 heterocycles. The molecule has 2 saturated heterocycles. The van der Waals surface area contributed by atoms with Gasteiger partial charge in [0.05, 0.1) is 29.5 Å². The van der Waals surface area contributed by atoms with E-state index < -0.39 is 69.6 Å². The number of halogens is 5. The Labute approximate surface area is 229 Å². The highest BCUT2D eigenvalue weighted by atomic mass is 32.1. The van der Waals surface area contributed by atoms with Gasteiger partial charge in [0.15, 0.2) is 5.82 Å². The van der Waals surface area contributed by atoms with Crippen LogP contribution >= 0.6 is 11.5 Å². The van der Waals surface area contributed by atoms with Crippen molar-refractivity contribution < 1.29 is 31.5 Å². The van der Waals surface area contributed by atoms with Crippen molar-refractivity contribution in [3.63, 3.8) is 0 Å². The predicted molar refractivity (Wildman–Crippen MR) is 136 cm³/mol. The number of nitrogens with one attached hydrogen (secondary N) is 2. The Morgan fingerprint density at radius 3 is 2.75 bits per heavy atom. The number of carbonyl (C=O) groups is 1. The summed E-state index contributed by atoms with van der Waals surface area (Å²) in [4.78, 5) is 23.8. The van der Waals surface area contributed by atoms with E-state index in [1.807, 2.05) is 0 Å². The number of ether oxygens (including phenoxy) is 1. The predicted octanol–water partition coefficient (Wildman–Crippen LogP) is 4.13. The number of nitrogens with two attached hydrogens (primary N) is 1. The number of hydrogen-bond acceptors (Lipinski definition) is 9. The molecule has 3 aliphatic rings. The summed E-state index contributed by atoms with van der Waals surface area (Å²) in [6.45, 7) is 2.93. The van der Waals surface area contributed by atoms with Crippen molar-refractivity contribution in [2.75, 3.05) is 17.6 Å². The molecule has 4 atom stereocenters. The second kappa shape index (κ2) is 9.51. The number of nitrogen functional groups attached to an aromatic ring is 1. The first-order chi connectivity index (χ1) is 19.0. The third-order valence-electron chi connectivity index (χ3n) is 7.71. The molecule has 0 spiro atoms. The lowest BCUT2D eigenvalue weighted by molar-refractivity contribution is -0.137. The third kappa shape index (κ3) is 4.22. The molecule has 0 radical (unpaired) electrons. The van der Waals surface area contributed by atoms with Gasteiger partial charge >= 0.3 is 6.18 Å². The van der Waals surface area contributed by atoms with Crippen LogP contribution in [0.3, 0.4) is 0 Å². The molecule has 1 amide bonds. The molecule has 2 aromatic heterocycles. The normalized spacial score (nSPS) is 23.9. The van der Waals surface area contributed by atoms with Gasteiger partial charge in [-0.25, -0.2) is 18.7 Å². The zero-order valence-electron chi connectivity index (χ0n) is 21.3. The van der Waals surface area contributed by atoms with Gasteiger partial charge in [0.2, 0.25) is 5.88 Å². The van der Waals surface area contributed by atoms with Crippen molar-refractivity contribution >= 4 is 28.8 Å². The Bertz CT molecular complexity index is 1500. The number of anilines is 2. The van der Waals surface area contributed by atoms with E-state index in [9.17, 15) is 22.4 Å². The zero-order valence-corrected chi connectivity index (χ0v) is 22.1. The molecule has 40 heavy (non-hydrogen) atoms. The molecule has 0 aliphatic carbocycles. The fourth-order valence-corrected chi connectivity index (χ4v) is 6.45. The summed E-state index contributed by atoms with van der Waals surface area (Å²) in [5.74, 6) is -3.38.